The monoisotopic (exact) mass is 402 g/mol. The molecular formula is C17H12BrClN4O. The number of halogens is 2. The van der Waals surface area contributed by atoms with Gasteiger partial charge in [-0.05, 0) is 35.0 Å². The van der Waals surface area contributed by atoms with Crippen molar-refractivity contribution < 1.29 is 4.74 Å². The van der Waals surface area contributed by atoms with Crippen LogP contribution in [0.4, 0.5) is 0 Å². The Morgan fingerprint density at radius 2 is 2.00 bits per heavy atom. The van der Waals surface area contributed by atoms with Gasteiger partial charge >= 0.3 is 0 Å². The van der Waals surface area contributed by atoms with Crippen molar-refractivity contribution in [2.45, 2.75) is 6.92 Å². The van der Waals surface area contributed by atoms with Crippen LogP contribution in [0.1, 0.15) is 5.69 Å². The van der Waals surface area contributed by atoms with Crippen molar-refractivity contribution in [3.8, 4) is 16.9 Å². The molecule has 0 unspecified atom stereocenters. The Labute approximate surface area is 151 Å². The fourth-order valence-corrected chi connectivity index (χ4v) is 3.70. The lowest BCUT2D eigenvalue weighted by molar-refractivity contribution is 0.416. The molecule has 0 radical (unpaired) electrons. The van der Waals surface area contributed by atoms with Crippen LogP contribution in [0.3, 0.4) is 0 Å². The van der Waals surface area contributed by atoms with E-state index in [9.17, 15) is 0 Å². The highest BCUT2D eigenvalue weighted by atomic mass is 79.9. The van der Waals surface area contributed by atoms with Gasteiger partial charge in [0.1, 0.15) is 11.8 Å². The molecule has 7 heteroatoms. The van der Waals surface area contributed by atoms with Crippen LogP contribution < -0.4 is 4.74 Å². The van der Waals surface area contributed by atoms with Crippen molar-refractivity contribution in [1.29, 1.82) is 0 Å². The maximum atomic E-state index is 6.42. The van der Waals surface area contributed by atoms with Crippen LogP contribution >= 0.6 is 27.5 Å². The number of aromatic nitrogens is 4. The first kappa shape index (κ1) is 15.4. The normalized spacial score (nSPS) is 11.3. The summed E-state index contributed by atoms with van der Waals surface area (Å²) in [6.07, 6.45) is 1.66. The lowest BCUT2D eigenvalue weighted by Crippen LogP contribution is -2.00. The SMILES string of the molecule is COc1c(Br)cc(-c2ccccc2Cl)c2nc(C)c3nncn3c12. The summed E-state index contributed by atoms with van der Waals surface area (Å²) in [5.41, 5.74) is 4.90. The molecule has 2 aromatic carbocycles. The molecule has 0 aliphatic heterocycles. The summed E-state index contributed by atoms with van der Waals surface area (Å²) in [6, 6.07) is 9.68. The van der Waals surface area contributed by atoms with Gasteiger partial charge in [-0.3, -0.25) is 4.40 Å². The third kappa shape index (κ3) is 2.17. The highest BCUT2D eigenvalue weighted by Gasteiger charge is 2.19. The Morgan fingerprint density at radius 3 is 2.75 bits per heavy atom. The topological polar surface area (TPSA) is 52.3 Å². The molecule has 0 aliphatic rings. The van der Waals surface area contributed by atoms with Gasteiger partial charge < -0.3 is 4.74 Å². The van der Waals surface area contributed by atoms with Crippen molar-refractivity contribution in [2.24, 2.45) is 0 Å². The Morgan fingerprint density at radius 1 is 1.21 bits per heavy atom. The zero-order valence-corrected chi connectivity index (χ0v) is 15.3. The van der Waals surface area contributed by atoms with E-state index in [1.54, 1.807) is 13.4 Å². The van der Waals surface area contributed by atoms with E-state index in [-0.39, 0.29) is 0 Å². The van der Waals surface area contributed by atoms with Gasteiger partial charge in [0, 0.05) is 16.1 Å². The molecule has 24 heavy (non-hydrogen) atoms. The van der Waals surface area contributed by atoms with E-state index in [1.807, 2.05) is 41.7 Å². The lowest BCUT2D eigenvalue weighted by atomic mass is 10.0. The van der Waals surface area contributed by atoms with E-state index in [0.29, 0.717) is 16.4 Å². The summed E-state index contributed by atoms with van der Waals surface area (Å²) in [7, 11) is 1.63. The molecule has 0 N–H and O–H groups in total. The number of rotatable bonds is 2. The van der Waals surface area contributed by atoms with Crippen LogP contribution in [0.25, 0.3) is 27.8 Å². The van der Waals surface area contributed by atoms with E-state index in [4.69, 9.17) is 21.3 Å². The first-order chi connectivity index (χ1) is 11.6. The predicted octanol–water partition coefficient (Wildman–Crippen LogP) is 4.68. The van der Waals surface area contributed by atoms with Gasteiger partial charge in [-0.15, -0.1) is 10.2 Å². The highest BCUT2D eigenvalue weighted by Crippen LogP contribution is 2.41. The molecule has 4 rings (SSSR count). The summed E-state index contributed by atoms with van der Waals surface area (Å²) >= 11 is 10.0. The molecule has 2 heterocycles. The summed E-state index contributed by atoms with van der Waals surface area (Å²) < 4.78 is 8.30. The van der Waals surface area contributed by atoms with Crippen molar-refractivity contribution in [2.75, 3.05) is 7.11 Å². The summed E-state index contributed by atoms with van der Waals surface area (Å²) in [4.78, 5) is 4.76. The van der Waals surface area contributed by atoms with Gasteiger partial charge in [0.25, 0.3) is 0 Å². The van der Waals surface area contributed by atoms with Gasteiger partial charge in [0.15, 0.2) is 11.4 Å². The van der Waals surface area contributed by atoms with Crippen molar-refractivity contribution in [3.05, 3.63) is 51.8 Å². The average molecular weight is 404 g/mol. The van der Waals surface area contributed by atoms with Gasteiger partial charge in [-0.1, -0.05) is 29.8 Å². The second-order valence-corrected chi connectivity index (χ2v) is 6.60. The van der Waals surface area contributed by atoms with Gasteiger partial charge in [-0.2, -0.15) is 0 Å². The number of hydrogen-bond donors (Lipinski definition) is 0. The van der Waals surface area contributed by atoms with Gasteiger partial charge in [-0.25, -0.2) is 4.98 Å². The molecule has 4 aromatic rings. The van der Waals surface area contributed by atoms with E-state index in [0.717, 1.165) is 32.3 Å². The molecule has 0 fully saturated rings. The molecule has 120 valence electrons. The molecule has 0 bridgehead atoms. The first-order valence-corrected chi connectivity index (χ1v) is 8.40. The number of fused-ring (bicyclic) bond motifs is 3. The van der Waals surface area contributed by atoms with Crippen LogP contribution in [-0.2, 0) is 0 Å². The number of aryl methyl sites for hydroxylation is 1. The number of hydrogen-bond acceptors (Lipinski definition) is 4. The smallest absolute Gasteiger partial charge is 0.182 e. The second kappa shape index (κ2) is 5.72. The molecule has 0 saturated carbocycles. The predicted molar refractivity (Wildman–Crippen MR) is 97.7 cm³/mol. The molecular weight excluding hydrogens is 392 g/mol. The summed E-state index contributed by atoms with van der Waals surface area (Å²) in [5.74, 6) is 0.679. The lowest BCUT2D eigenvalue weighted by Gasteiger charge is -2.15. The Kier molecular flexibility index (Phi) is 3.66. The maximum absolute atomic E-state index is 6.42. The molecule has 0 saturated heterocycles. The molecule has 0 atom stereocenters. The Balaban J connectivity index is 2.24. The van der Waals surface area contributed by atoms with E-state index >= 15 is 0 Å². The zero-order valence-electron chi connectivity index (χ0n) is 12.9. The maximum Gasteiger partial charge on any atom is 0.182 e. The second-order valence-electron chi connectivity index (χ2n) is 5.34. The minimum atomic E-state index is 0.666. The third-order valence-corrected chi connectivity index (χ3v) is 4.86. The zero-order chi connectivity index (χ0) is 16.8. The molecule has 0 amide bonds. The average Bonchev–Trinajstić information content (AvgIpc) is 3.06. The molecule has 5 nitrogen and oxygen atoms in total. The fourth-order valence-electron chi connectivity index (χ4n) is 2.89. The van der Waals surface area contributed by atoms with Gasteiger partial charge in [0.05, 0.1) is 22.8 Å². The van der Waals surface area contributed by atoms with Crippen molar-refractivity contribution in [3.63, 3.8) is 0 Å². The number of benzene rings is 2. The number of methoxy groups -OCH3 is 1. The fraction of sp³-hybridized carbons (Fsp3) is 0.118. The summed E-state index contributed by atoms with van der Waals surface area (Å²) in [5, 5.41) is 8.83. The van der Waals surface area contributed by atoms with Crippen molar-refractivity contribution in [1.82, 2.24) is 19.6 Å². The largest absolute Gasteiger partial charge is 0.493 e. The third-order valence-electron chi connectivity index (χ3n) is 3.94. The minimum Gasteiger partial charge on any atom is -0.493 e. The van der Waals surface area contributed by atoms with E-state index in [2.05, 4.69) is 26.1 Å². The van der Waals surface area contributed by atoms with Crippen LogP contribution in [0.2, 0.25) is 5.02 Å². The molecule has 2 aromatic heterocycles. The van der Waals surface area contributed by atoms with Crippen LogP contribution in [0.5, 0.6) is 5.75 Å². The van der Waals surface area contributed by atoms with E-state index < -0.39 is 0 Å². The quantitative estimate of drug-likeness (QED) is 0.488. The van der Waals surface area contributed by atoms with Gasteiger partial charge in [0.2, 0.25) is 0 Å². The van der Waals surface area contributed by atoms with Crippen LogP contribution in [0, 0.1) is 6.92 Å². The Bertz CT molecular complexity index is 1090. The minimum absolute atomic E-state index is 0.666. The van der Waals surface area contributed by atoms with Crippen LogP contribution in [-0.4, -0.2) is 26.7 Å². The Hall–Kier alpha value is -2.18. The first-order valence-electron chi connectivity index (χ1n) is 7.23. The van der Waals surface area contributed by atoms with E-state index in [1.165, 1.54) is 0 Å². The van der Waals surface area contributed by atoms with Crippen molar-refractivity contribution >= 4 is 44.2 Å². The number of nitrogens with zero attached hydrogens (tertiary/aromatic N) is 4. The highest BCUT2D eigenvalue weighted by molar-refractivity contribution is 9.10. The molecule has 0 spiro atoms. The summed E-state index contributed by atoms with van der Waals surface area (Å²) in [6.45, 7) is 1.91. The standard InChI is InChI=1S/C17H12BrClN4O/c1-9-17-22-20-8-23(17)15-14(21-9)11(7-12(18)16(15)24-2)10-5-3-4-6-13(10)19/h3-8H,1-2H3. The van der Waals surface area contributed by atoms with Crippen LogP contribution in [0.15, 0.2) is 41.1 Å². The molecule has 0 aliphatic carbocycles. The number of ether oxygens (including phenoxy) is 1.